The second-order valence-electron chi connectivity index (χ2n) is 8.58. The fourth-order valence-corrected chi connectivity index (χ4v) is 4.24. The zero-order chi connectivity index (χ0) is 26.9. The van der Waals surface area contributed by atoms with Gasteiger partial charge in [-0.25, -0.2) is 9.59 Å². The van der Waals surface area contributed by atoms with Crippen LogP contribution < -0.4 is 5.32 Å². The second-order valence-corrected chi connectivity index (χ2v) is 8.58. The highest BCUT2D eigenvalue weighted by atomic mass is 35.5. The number of aliphatic hydroxyl groups is 1. The van der Waals surface area contributed by atoms with Gasteiger partial charge in [-0.15, -0.1) is 12.4 Å². The van der Waals surface area contributed by atoms with E-state index in [0.717, 1.165) is 5.56 Å². The highest BCUT2D eigenvalue weighted by Gasteiger charge is 2.39. The first-order chi connectivity index (χ1) is 17.8. The molecule has 0 saturated carbocycles. The molecule has 3 rings (SSSR count). The number of rotatable bonds is 11. The Hall–Kier alpha value is -3.73. The summed E-state index contributed by atoms with van der Waals surface area (Å²) in [6, 6.07) is 15.6. The molecule has 1 aliphatic rings. The van der Waals surface area contributed by atoms with Crippen LogP contribution in [0, 0.1) is 10.1 Å². The molecule has 10 nitrogen and oxygen atoms in total. The highest BCUT2D eigenvalue weighted by molar-refractivity contribution is 6.00. The predicted octanol–water partition coefficient (Wildman–Crippen LogP) is 3.46. The fourth-order valence-electron chi connectivity index (χ4n) is 4.24. The molecule has 2 aromatic carbocycles. The number of nitrogens with one attached hydrogen (secondary N) is 1. The lowest BCUT2D eigenvalue weighted by molar-refractivity contribution is -0.384. The van der Waals surface area contributed by atoms with Gasteiger partial charge >= 0.3 is 11.9 Å². The number of nitro groups is 1. The topological polar surface area (TPSA) is 131 Å². The number of esters is 2. The van der Waals surface area contributed by atoms with Gasteiger partial charge in [-0.2, -0.15) is 0 Å². The molecule has 2 aromatic rings. The number of nitrogens with zero attached hydrogens (tertiary/aromatic N) is 2. The van der Waals surface area contributed by atoms with Gasteiger partial charge in [0.05, 0.1) is 40.9 Å². The van der Waals surface area contributed by atoms with Gasteiger partial charge < -0.3 is 19.9 Å². The van der Waals surface area contributed by atoms with Gasteiger partial charge in [-0.05, 0) is 32.0 Å². The molecule has 1 atom stereocenters. The van der Waals surface area contributed by atoms with Gasteiger partial charge in [0.25, 0.3) is 5.69 Å². The van der Waals surface area contributed by atoms with Crippen LogP contribution in [0.1, 0.15) is 30.9 Å². The molecule has 0 bridgehead atoms. The number of ether oxygens (including phenoxy) is 2. The number of hydrogen-bond acceptors (Lipinski definition) is 9. The number of nitro benzene ring substituents is 1. The molecule has 0 aliphatic carbocycles. The summed E-state index contributed by atoms with van der Waals surface area (Å²) in [5, 5.41) is 24.3. The van der Waals surface area contributed by atoms with Crippen LogP contribution in [0.25, 0.3) is 0 Å². The van der Waals surface area contributed by atoms with Crippen LogP contribution in [0.3, 0.4) is 0 Å². The second kappa shape index (κ2) is 14.3. The maximum Gasteiger partial charge on any atom is 0.336 e. The molecule has 1 unspecified atom stereocenters. The summed E-state index contributed by atoms with van der Waals surface area (Å²) in [5.41, 5.74) is 1.91. The molecule has 0 saturated heterocycles. The molecular formula is C27H32ClN3O7. The van der Waals surface area contributed by atoms with Crippen molar-refractivity contribution in [1.82, 2.24) is 10.2 Å². The largest absolute Gasteiger partial charge is 0.463 e. The summed E-state index contributed by atoms with van der Waals surface area (Å²) in [6.45, 7) is 4.03. The van der Waals surface area contributed by atoms with E-state index in [2.05, 4.69) is 5.32 Å². The van der Waals surface area contributed by atoms with E-state index in [0.29, 0.717) is 24.4 Å². The minimum absolute atomic E-state index is 0. The number of carbonyl (C=O) groups excluding carboxylic acids is 2. The number of aliphatic hydroxyl groups excluding tert-OH is 1. The molecule has 0 aromatic heterocycles. The molecule has 2 N–H and O–H groups in total. The zero-order valence-electron chi connectivity index (χ0n) is 21.5. The lowest BCUT2D eigenvalue weighted by Crippen LogP contribution is -2.35. The summed E-state index contributed by atoms with van der Waals surface area (Å²) in [5.74, 6) is -2.44. The number of benzene rings is 2. The smallest absolute Gasteiger partial charge is 0.336 e. The van der Waals surface area contributed by atoms with Crippen molar-refractivity contribution in [1.29, 1.82) is 0 Å². The van der Waals surface area contributed by atoms with E-state index < -0.39 is 29.4 Å². The van der Waals surface area contributed by atoms with Crippen LogP contribution in [-0.2, 0) is 25.6 Å². The third-order valence-electron chi connectivity index (χ3n) is 5.93. The molecule has 0 spiro atoms. The van der Waals surface area contributed by atoms with Crippen molar-refractivity contribution in [2.75, 3.05) is 33.4 Å². The normalized spacial score (nSPS) is 15.0. The van der Waals surface area contributed by atoms with Crippen LogP contribution in [0.5, 0.6) is 0 Å². The number of non-ortho nitro benzene ring substituents is 1. The SMILES string of the molecule is CCOC(=O)C1=C(CO)NC(C)=C(C(=O)OCCN(C)Cc2ccccc2)C1c1cccc([N+](=O)[O-])c1.Cl. The maximum absolute atomic E-state index is 13.4. The molecule has 204 valence electrons. The third kappa shape index (κ3) is 7.41. The Kier molecular flexibility index (Phi) is 11.5. The lowest BCUT2D eigenvalue weighted by Gasteiger charge is -2.31. The number of carbonyl (C=O) groups is 2. The molecule has 0 fully saturated rings. The van der Waals surface area contributed by atoms with Crippen molar-refractivity contribution in [3.63, 3.8) is 0 Å². The Labute approximate surface area is 227 Å². The number of dihydropyridines is 1. The summed E-state index contributed by atoms with van der Waals surface area (Å²) < 4.78 is 10.8. The van der Waals surface area contributed by atoms with Crippen molar-refractivity contribution in [3.05, 3.63) is 98.4 Å². The first-order valence-electron chi connectivity index (χ1n) is 11.9. The van der Waals surface area contributed by atoms with Gasteiger partial charge in [0, 0.05) is 30.9 Å². The molecule has 0 amide bonds. The summed E-state index contributed by atoms with van der Waals surface area (Å²) in [6.07, 6.45) is 0. The van der Waals surface area contributed by atoms with E-state index >= 15 is 0 Å². The van der Waals surface area contributed by atoms with Gasteiger partial charge in [0.15, 0.2) is 0 Å². The molecule has 11 heteroatoms. The van der Waals surface area contributed by atoms with E-state index in [1.165, 1.54) is 18.2 Å². The molecule has 1 aliphatic heterocycles. The average Bonchev–Trinajstić information content (AvgIpc) is 2.88. The van der Waals surface area contributed by atoms with E-state index in [1.54, 1.807) is 19.9 Å². The Balaban J connectivity index is 0.00000507. The standard InChI is InChI=1S/C27H31N3O7.ClH/c1-4-36-27(33)25-22(17-31)28-18(2)23(24(25)20-11-8-12-21(15-20)30(34)35)26(32)37-14-13-29(3)16-19-9-6-5-7-10-19;/h5-12,15,24,28,31H,4,13-14,16-17H2,1-3H3;1H. The van der Waals surface area contributed by atoms with Gasteiger partial charge in [-0.3, -0.25) is 15.0 Å². The van der Waals surface area contributed by atoms with E-state index in [9.17, 15) is 24.8 Å². The van der Waals surface area contributed by atoms with Crippen LogP contribution in [0.4, 0.5) is 5.69 Å². The number of likely N-dealkylation sites (N-methyl/N-ethyl adjacent to an activating group) is 1. The van der Waals surface area contributed by atoms with Crippen molar-refractivity contribution in [2.24, 2.45) is 0 Å². The quantitative estimate of drug-likeness (QED) is 0.247. The minimum atomic E-state index is -1.03. The minimum Gasteiger partial charge on any atom is -0.463 e. The fraction of sp³-hybridized carbons (Fsp3) is 0.333. The average molecular weight is 546 g/mol. The maximum atomic E-state index is 13.4. The van der Waals surface area contributed by atoms with Gasteiger partial charge in [0.1, 0.15) is 6.61 Å². The molecule has 1 heterocycles. The van der Waals surface area contributed by atoms with E-state index in [1.807, 2.05) is 42.3 Å². The van der Waals surface area contributed by atoms with Crippen LogP contribution in [0.15, 0.2) is 77.1 Å². The Morgan fingerprint density at radius 3 is 2.39 bits per heavy atom. The van der Waals surface area contributed by atoms with Gasteiger partial charge in [0.2, 0.25) is 0 Å². The number of hydrogen-bond donors (Lipinski definition) is 2. The van der Waals surface area contributed by atoms with Crippen molar-refractivity contribution < 1.29 is 29.1 Å². The van der Waals surface area contributed by atoms with Crippen LogP contribution in [0.2, 0.25) is 0 Å². The monoisotopic (exact) mass is 545 g/mol. The lowest BCUT2D eigenvalue weighted by atomic mass is 9.80. The predicted molar refractivity (Wildman–Crippen MR) is 143 cm³/mol. The van der Waals surface area contributed by atoms with E-state index in [-0.39, 0.29) is 48.2 Å². The molecule has 38 heavy (non-hydrogen) atoms. The summed E-state index contributed by atoms with van der Waals surface area (Å²) in [7, 11) is 1.91. The highest BCUT2D eigenvalue weighted by Crippen LogP contribution is 2.40. The van der Waals surface area contributed by atoms with Crippen LogP contribution >= 0.6 is 12.4 Å². The Morgan fingerprint density at radius 2 is 1.76 bits per heavy atom. The molecular weight excluding hydrogens is 514 g/mol. The van der Waals surface area contributed by atoms with Crippen molar-refractivity contribution in [3.8, 4) is 0 Å². The third-order valence-corrected chi connectivity index (χ3v) is 5.93. The number of allylic oxidation sites excluding steroid dienone is 1. The number of halogens is 1. The van der Waals surface area contributed by atoms with Crippen molar-refractivity contribution in [2.45, 2.75) is 26.3 Å². The summed E-state index contributed by atoms with van der Waals surface area (Å²) >= 11 is 0. The first kappa shape index (κ1) is 30.5. The van der Waals surface area contributed by atoms with Gasteiger partial charge in [-0.1, -0.05) is 42.5 Å². The molecule has 0 radical (unpaired) electrons. The Bertz CT molecular complexity index is 1210. The van der Waals surface area contributed by atoms with E-state index in [4.69, 9.17) is 9.47 Å². The summed E-state index contributed by atoms with van der Waals surface area (Å²) in [4.78, 5) is 39.2. The first-order valence-corrected chi connectivity index (χ1v) is 11.9. The van der Waals surface area contributed by atoms with Crippen LogP contribution in [-0.4, -0.2) is 60.3 Å². The van der Waals surface area contributed by atoms with Crippen molar-refractivity contribution >= 4 is 30.0 Å². The zero-order valence-corrected chi connectivity index (χ0v) is 22.3. The Morgan fingerprint density at radius 1 is 1.08 bits per heavy atom.